The Morgan fingerprint density at radius 2 is 2.06 bits per heavy atom. The number of hydrogen-bond donors (Lipinski definition) is 1. The molecule has 0 bridgehead atoms. The second-order valence-electron chi connectivity index (χ2n) is 6.38. The molecule has 102 valence electrons. The van der Waals surface area contributed by atoms with E-state index < -0.39 is 0 Å². The molecule has 0 aromatic heterocycles. The van der Waals surface area contributed by atoms with E-state index in [0.717, 1.165) is 12.8 Å². The predicted molar refractivity (Wildman–Crippen MR) is 70.8 cm³/mol. The monoisotopic (exact) mass is 251 g/mol. The minimum absolute atomic E-state index is 0.0266. The number of nitrogens with one attached hydrogen (secondary N) is 1. The highest BCUT2D eigenvalue weighted by Crippen LogP contribution is 2.54. The van der Waals surface area contributed by atoms with Crippen LogP contribution >= 0.6 is 0 Å². The van der Waals surface area contributed by atoms with Crippen molar-refractivity contribution in [1.82, 2.24) is 5.32 Å². The van der Waals surface area contributed by atoms with E-state index in [1.54, 1.807) is 0 Å². The fourth-order valence-electron chi connectivity index (χ4n) is 4.48. The molecule has 3 nitrogen and oxygen atoms in total. The summed E-state index contributed by atoms with van der Waals surface area (Å²) in [7, 11) is 0. The van der Waals surface area contributed by atoms with Crippen LogP contribution in [-0.4, -0.2) is 11.8 Å². The Bertz CT molecular complexity index is 350. The van der Waals surface area contributed by atoms with Gasteiger partial charge in [-0.1, -0.05) is 33.6 Å². The van der Waals surface area contributed by atoms with E-state index in [-0.39, 0.29) is 23.1 Å². The molecule has 3 heteroatoms. The van der Waals surface area contributed by atoms with Gasteiger partial charge < -0.3 is 0 Å². The van der Waals surface area contributed by atoms with E-state index >= 15 is 0 Å². The van der Waals surface area contributed by atoms with Gasteiger partial charge in [-0.3, -0.25) is 14.9 Å². The summed E-state index contributed by atoms with van der Waals surface area (Å²) < 4.78 is 0. The molecule has 1 saturated heterocycles. The molecule has 1 aliphatic carbocycles. The first kappa shape index (κ1) is 13.6. The molecule has 3 unspecified atom stereocenters. The first-order valence-electron chi connectivity index (χ1n) is 7.35. The molecule has 2 aliphatic rings. The number of amides is 2. The average molecular weight is 251 g/mol. The number of carbonyl (C=O) groups excluding carboxylic acids is 2. The molecule has 2 rings (SSSR count). The van der Waals surface area contributed by atoms with Crippen molar-refractivity contribution in [2.45, 2.75) is 59.3 Å². The molecule has 1 saturated carbocycles. The van der Waals surface area contributed by atoms with Crippen molar-refractivity contribution in [3.05, 3.63) is 0 Å². The molecule has 0 radical (unpaired) electrons. The van der Waals surface area contributed by atoms with Gasteiger partial charge in [-0.15, -0.1) is 0 Å². The van der Waals surface area contributed by atoms with Crippen molar-refractivity contribution in [3.8, 4) is 0 Å². The first-order valence-corrected chi connectivity index (χ1v) is 7.35. The molecule has 1 spiro atoms. The van der Waals surface area contributed by atoms with E-state index in [1.165, 1.54) is 19.3 Å². The van der Waals surface area contributed by atoms with Crippen LogP contribution in [0.2, 0.25) is 0 Å². The molecule has 1 aliphatic heterocycles. The van der Waals surface area contributed by atoms with Gasteiger partial charge in [0.1, 0.15) is 0 Å². The Morgan fingerprint density at radius 3 is 2.67 bits per heavy atom. The molecule has 3 atom stereocenters. The Balaban J connectivity index is 2.38. The molecule has 0 aromatic carbocycles. The van der Waals surface area contributed by atoms with Crippen LogP contribution in [0, 0.1) is 23.2 Å². The summed E-state index contributed by atoms with van der Waals surface area (Å²) in [5, 5.41) is 2.53. The van der Waals surface area contributed by atoms with Gasteiger partial charge in [-0.05, 0) is 36.5 Å². The Labute approximate surface area is 110 Å². The second-order valence-corrected chi connectivity index (χ2v) is 6.38. The van der Waals surface area contributed by atoms with Gasteiger partial charge in [-0.2, -0.15) is 0 Å². The van der Waals surface area contributed by atoms with Gasteiger partial charge in [0.05, 0.1) is 0 Å². The van der Waals surface area contributed by atoms with Crippen LogP contribution in [-0.2, 0) is 9.59 Å². The molecule has 1 heterocycles. The quantitative estimate of drug-likeness (QED) is 0.767. The van der Waals surface area contributed by atoms with E-state index in [1.807, 2.05) is 0 Å². The van der Waals surface area contributed by atoms with Crippen LogP contribution in [0.3, 0.4) is 0 Å². The van der Waals surface area contributed by atoms with Gasteiger partial charge in [0.2, 0.25) is 11.8 Å². The molecule has 2 amide bonds. The highest BCUT2D eigenvalue weighted by molar-refractivity contribution is 5.99. The van der Waals surface area contributed by atoms with Gasteiger partial charge in [0.25, 0.3) is 0 Å². The summed E-state index contributed by atoms with van der Waals surface area (Å²) in [6.45, 7) is 6.55. The first-order chi connectivity index (χ1) is 8.51. The summed E-state index contributed by atoms with van der Waals surface area (Å²) in [4.78, 5) is 24.0. The Morgan fingerprint density at radius 1 is 1.33 bits per heavy atom. The number of imide groups is 1. The van der Waals surface area contributed by atoms with Crippen LogP contribution in [0.15, 0.2) is 0 Å². The van der Waals surface area contributed by atoms with Crippen molar-refractivity contribution in [1.29, 1.82) is 0 Å². The summed E-state index contributed by atoms with van der Waals surface area (Å²) >= 11 is 0. The van der Waals surface area contributed by atoms with Crippen molar-refractivity contribution >= 4 is 11.8 Å². The highest BCUT2D eigenvalue weighted by atomic mass is 16.2. The van der Waals surface area contributed by atoms with Gasteiger partial charge in [-0.25, -0.2) is 0 Å². The van der Waals surface area contributed by atoms with Crippen LogP contribution in [0.4, 0.5) is 0 Å². The lowest BCUT2D eigenvalue weighted by Crippen LogP contribution is -2.56. The van der Waals surface area contributed by atoms with E-state index in [9.17, 15) is 9.59 Å². The maximum Gasteiger partial charge on any atom is 0.230 e. The molecule has 1 N–H and O–H groups in total. The van der Waals surface area contributed by atoms with Crippen molar-refractivity contribution < 1.29 is 9.59 Å². The average Bonchev–Trinajstić information content (AvgIpc) is 2.28. The number of carbonyl (C=O) groups is 2. The van der Waals surface area contributed by atoms with E-state index in [4.69, 9.17) is 0 Å². The van der Waals surface area contributed by atoms with Crippen LogP contribution in [0.25, 0.3) is 0 Å². The van der Waals surface area contributed by atoms with Crippen LogP contribution < -0.4 is 5.32 Å². The second kappa shape index (κ2) is 5.02. The van der Waals surface area contributed by atoms with E-state index in [0.29, 0.717) is 18.3 Å². The maximum absolute atomic E-state index is 12.1. The zero-order chi connectivity index (χ0) is 13.3. The molecular formula is C15H25NO2. The highest BCUT2D eigenvalue weighted by Gasteiger charge is 2.53. The van der Waals surface area contributed by atoms with Gasteiger partial charge >= 0.3 is 0 Å². The van der Waals surface area contributed by atoms with Crippen LogP contribution in [0.1, 0.15) is 59.3 Å². The SMILES string of the molecule is CCC1C(=O)NC(=O)CC12CCCCC2C(C)C. The standard InChI is InChI=1S/C15H25NO2/c1-4-11-14(18)16-13(17)9-15(11)8-6-5-7-12(15)10(2)3/h10-12H,4-9H2,1-3H3,(H,16,17,18). The lowest BCUT2D eigenvalue weighted by Gasteiger charge is -2.52. The van der Waals surface area contributed by atoms with Gasteiger partial charge in [0, 0.05) is 12.3 Å². The summed E-state index contributed by atoms with van der Waals surface area (Å²) in [6, 6.07) is 0. The maximum atomic E-state index is 12.1. The molecule has 18 heavy (non-hydrogen) atoms. The predicted octanol–water partition coefficient (Wildman–Crippen LogP) is 2.89. The minimum Gasteiger partial charge on any atom is -0.296 e. The van der Waals surface area contributed by atoms with Crippen molar-refractivity contribution in [2.75, 3.05) is 0 Å². The lowest BCUT2D eigenvalue weighted by molar-refractivity contribution is -0.150. The number of hydrogen-bond acceptors (Lipinski definition) is 2. The lowest BCUT2D eigenvalue weighted by atomic mass is 9.53. The van der Waals surface area contributed by atoms with Crippen molar-refractivity contribution in [3.63, 3.8) is 0 Å². The van der Waals surface area contributed by atoms with E-state index in [2.05, 4.69) is 26.1 Å². The Hall–Kier alpha value is -0.860. The molecule has 2 fully saturated rings. The van der Waals surface area contributed by atoms with Crippen molar-refractivity contribution in [2.24, 2.45) is 23.2 Å². The topological polar surface area (TPSA) is 46.2 Å². The summed E-state index contributed by atoms with van der Waals surface area (Å²) in [5.74, 6) is 1.02. The Kier molecular flexibility index (Phi) is 3.79. The summed E-state index contributed by atoms with van der Waals surface area (Å²) in [5.41, 5.74) is -0.0550. The molecular weight excluding hydrogens is 226 g/mol. The number of rotatable bonds is 2. The van der Waals surface area contributed by atoms with Crippen LogP contribution in [0.5, 0.6) is 0 Å². The smallest absolute Gasteiger partial charge is 0.230 e. The fraction of sp³-hybridized carbons (Fsp3) is 0.867. The largest absolute Gasteiger partial charge is 0.296 e. The zero-order valence-electron chi connectivity index (χ0n) is 11.8. The minimum atomic E-state index is -0.0581. The zero-order valence-corrected chi connectivity index (χ0v) is 11.8. The third-order valence-electron chi connectivity index (χ3n) is 5.12. The fourth-order valence-corrected chi connectivity index (χ4v) is 4.48. The number of piperidine rings is 1. The third kappa shape index (κ3) is 2.08. The normalized spacial score (nSPS) is 37.1. The van der Waals surface area contributed by atoms with Gasteiger partial charge in [0.15, 0.2) is 0 Å². The third-order valence-corrected chi connectivity index (χ3v) is 5.12. The molecule has 0 aromatic rings. The summed E-state index contributed by atoms with van der Waals surface area (Å²) in [6.07, 6.45) is 6.04.